The van der Waals surface area contributed by atoms with Crippen LogP contribution in [0.1, 0.15) is 23.7 Å². The number of carbonyl (C=O) groups excluding carboxylic acids is 1. The van der Waals surface area contributed by atoms with Gasteiger partial charge in [-0.25, -0.2) is 4.79 Å². The Balaban J connectivity index is 2.71. The van der Waals surface area contributed by atoms with Crippen LogP contribution in [0.3, 0.4) is 0 Å². The van der Waals surface area contributed by atoms with E-state index in [9.17, 15) is 10.1 Å². The van der Waals surface area contributed by atoms with Crippen molar-refractivity contribution in [1.29, 1.82) is 5.26 Å². The topological polar surface area (TPSA) is 54.5 Å². The fraction of sp³-hybridized carbons (Fsp3) is 0.250. The van der Waals surface area contributed by atoms with Crippen LogP contribution in [0.5, 0.6) is 0 Å². The number of aromatic nitrogens is 1. The predicted molar refractivity (Wildman–Crippen MR) is 82.1 cm³/mol. The molecule has 0 spiro atoms. The van der Waals surface area contributed by atoms with Crippen LogP contribution in [0, 0.1) is 30.1 Å². The SMILES string of the molecule is CCOC(=O)C#Cc1c(SC)c(C#N)c2c(C)cccn12. The molecule has 0 saturated heterocycles. The number of rotatable bonds is 2. The molecule has 0 radical (unpaired) electrons. The third-order valence-electron chi connectivity index (χ3n) is 2.99. The van der Waals surface area contributed by atoms with Crippen molar-refractivity contribution in [1.82, 2.24) is 4.40 Å². The van der Waals surface area contributed by atoms with Gasteiger partial charge in [-0.2, -0.15) is 5.26 Å². The minimum Gasteiger partial charge on any atom is -0.456 e. The second-order valence-electron chi connectivity index (χ2n) is 4.25. The Labute approximate surface area is 127 Å². The zero-order valence-corrected chi connectivity index (χ0v) is 12.9. The van der Waals surface area contributed by atoms with Crippen LogP contribution in [0.15, 0.2) is 23.2 Å². The number of nitriles is 1. The van der Waals surface area contributed by atoms with Crippen molar-refractivity contribution in [2.45, 2.75) is 18.7 Å². The van der Waals surface area contributed by atoms with Gasteiger partial charge in [0.25, 0.3) is 0 Å². The Morgan fingerprint density at radius 3 is 2.90 bits per heavy atom. The van der Waals surface area contributed by atoms with Gasteiger partial charge in [0, 0.05) is 12.1 Å². The van der Waals surface area contributed by atoms with E-state index in [-0.39, 0.29) is 0 Å². The van der Waals surface area contributed by atoms with Crippen LogP contribution in [-0.4, -0.2) is 23.2 Å². The van der Waals surface area contributed by atoms with Crippen LogP contribution in [0.25, 0.3) is 5.52 Å². The normalized spacial score (nSPS) is 9.81. The number of ether oxygens (including phenoxy) is 1. The molecule has 2 heterocycles. The number of hydrogen-bond donors (Lipinski definition) is 0. The van der Waals surface area contributed by atoms with E-state index in [4.69, 9.17) is 4.74 Å². The lowest BCUT2D eigenvalue weighted by molar-refractivity contribution is -0.136. The van der Waals surface area contributed by atoms with Crippen LogP contribution >= 0.6 is 11.8 Å². The molecule has 0 aliphatic carbocycles. The Hall–Kier alpha value is -2.37. The summed E-state index contributed by atoms with van der Waals surface area (Å²) in [7, 11) is 0. The van der Waals surface area contributed by atoms with Gasteiger partial charge in [-0.15, -0.1) is 11.8 Å². The first-order valence-corrected chi connectivity index (χ1v) is 7.63. The fourth-order valence-corrected chi connectivity index (χ4v) is 2.84. The number of nitrogens with zero attached hydrogens (tertiary/aromatic N) is 2. The van der Waals surface area contributed by atoms with Gasteiger partial charge in [-0.05, 0) is 37.7 Å². The van der Waals surface area contributed by atoms with E-state index in [1.54, 1.807) is 6.92 Å². The monoisotopic (exact) mass is 298 g/mol. The average Bonchev–Trinajstić information content (AvgIpc) is 2.79. The smallest absolute Gasteiger partial charge is 0.384 e. The van der Waals surface area contributed by atoms with Gasteiger partial charge in [-0.3, -0.25) is 0 Å². The number of carbonyl (C=O) groups is 1. The van der Waals surface area contributed by atoms with Crippen molar-refractivity contribution in [2.24, 2.45) is 0 Å². The standard InChI is InChI=1S/C16H14N2O2S/c1-4-20-14(19)8-7-13-16(21-3)12(10-17)15-11(2)6-5-9-18(13)15/h5-6,9H,4H2,1-3H3. The summed E-state index contributed by atoms with van der Waals surface area (Å²) in [5.41, 5.74) is 3.06. The van der Waals surface area contributed by atoms with E-state index < -0.39 is 5.97 Å². The molecule has 21 heavy (non-hydrogen) atoms. The predicted octanol–water partition coefficient (Wildman–Crippen LogP) is 2.76. The van der Waals surface area contributed by atoms with Crippen LogP contribution in [0.2, 0.25) is 0 Å². The third-order valence-corrected chi connectivity index (χ3v) is 3.80. The van der Waals surface area contributed by atoms with E-state index in [1.165, 1.54) is 11.8 Å². The first-order valence-electron chi connectivity index (χ1n) is 6.40. The van der Waals surface area contributed by atoms with Crippen molar-refractivity contribution >= 4 is 23.2 Å². The lowest BCUT2D eigenvalue weighted by Crippen LogP contribution is -2.00. The average molecular weight is 298 g/mol. The largest absolute Gasteiger partial charge is 0.456 e. The Kier molecular flexibility index (Phi) is 4.57. The molecule has 4 nitrogen and oxygen atoms in total. The summed E-state index contributed by atoms with van der Waals surface area (Å²) in [6.07, 6.45) is 3.73. The lowest BCUT2D eigenvalue weighted by Gasteiger charge is -1.99. The highest BCUT2D eigenvalue weighted by molar-refractivity contribution is 7.98. The van der Waals surface area contributed by atoms with Crippen molar-refractivity contribution in [3.8, 4) is 17.9 Å². The maximum absolute atomic E-state index is 11.4. The first kappa shape index (κ1) is 15.0. The number of fused-ring (bicyclic) bond motifs is 1. The van der Waals surface area contributed by atoms with Gasteiger partial charge in [0.2, 0.25) is 0 Å². The van der Waals surface area contributed by atoms with Crippen LogP contribution < -0.4 is 0 Å². The van der Waals surface area contributed by atoms with Crippen molar-refractivity contribution in [3.63, 3.8) is 0 Å². The second kappa shape index (κ2) is 6.39. The highest BCUT2D eigenvalue weighted by Gasteiger charge is 2.17. The van der Waals surface area contributed by atoms with Crippen molar-refractivity contribution in [3.05, 3.63) is 35.2 Å². The van der Waals surface area contributed by atoms with Crippen molar-refractivity contribution in [2.75, 3.05) is 12.9 Å². The lowest BCUT2D eigenvalue weighted by atomic mass is 10.2. The maximum Gasteiger partial charge on any atom is 0.384 e. The van der Waals surface area contributed by atoms with Gasteiger partial charge in [0.1, 0.15) is 11.8 Å². The molecule has 0 fully saturated rings. The second-order valence-corrected chi connectivity index (χ2v) is 5.07. The number of aryl methyl sites for hydroxylation is 1. The first-order chi connectivity index (χ1) is 10.1. The quantitative estimate of drug-likeness (QED) is 0.486. The minimum atomic E-state index is -0.564. The molecule has 0 bridgehead atoms. The molecule has 0 atom stereocenters. The molecule has 0 aromatic carbocycles. The maximum atomic E-state index is 11.4. The Morgan fingerprint density at radius 1 is 1.52 bits per heavy atom. The molecule has 0 saturated carbocycles. The number of esters is 1. The summed E-state index contributed by atoms with van der Waals surface area (Å²) in [5, 5.41) is 9.43. The van der Waals surface area contributed by atoms with Gasteiger partial charge in [-0.1, -0.05) is 6.07 Å². The van der Waals surface area contributed by atoms with E-state index in [0.29, 0.717) is 17.9 Å². The summed E-state index contributed by atoms with van der Waals surface area (Å²) in [5.74, 6) is 4.74. The van der Waals surface area contributed by atoms with E-state index in [0.717, 1.165) is 16.0 Å². The summed E-state index contributed by atoms with van der Waals surface area (Å²) in [4.78, 5) is 12.2. The van der Waals surface area contributed by atoms with E-state index in [2.05, 4.69) is 17.9 Å². The molecule has 2 rings (SSSR count). The zero-order valence-electron chi connectivity index (χ0n) is 12.1. The molecule has 106 valence electrons. The molecule has 0 aliphatic heterocycles. The molecule has 0 aliphatic rings. The van der Waals surface area contributed by atoms with Crippen LogP contribution in [-0.2, 0) is 9.53 Å². The summed E-state index contributed by atoms with van der Waals surface area (Å²) >= 11 is 1.45. The zero-order chi connectivity index (χ0) is 15.4. The highest BCUT2D eigenvalue weighted by atomic mass is 32.2. The summed E-state index contributed by atoms with van der Waals surface area (Å²) in [6, 6.07) is 6.08. The molecule has 0 N–H and O–H groups in total. The van der Waals surface area contributed by atoms with E-state index in [1.807, 2.05) is 35.9 Å². The van der Waals surface area contributed by atoms with Gasteiger partial charge < -0.3 is 9.14 Å². The number of hydrogen-bond acceptors (Lipinski definition) is 4. The molecular weight excluding hydrogens is 284 g/mol. The minimum absolute atomic E-state index is 0.292. The van der Waals surface area contributed by atoms with E-state index >= 15 is 0 Å². The van der Waals surface area contributed by atoms with Gasteiger partial charge >= 0.3 is 5.97 Å². The molecule has 0 unspecified atom stereocenters. The van der Waals surface area contributed by atoms with Crippen molar-refractivity contribution < 1.29 is 9.53 Å². The number of pyridine rings is 1. The van der Waals surface area contributed by atoms with Gasteiger partial charge in [0.05, 0.1) is 22.6 Å². The highest BCUT2D eigenvalue weighted by Crippen LogP contribution is 2.31. The Morgan fingerprint density at radius 2 is 2.29 bits per heavy atom. The molecule has 5 heteroatoms. The molecular formula is C16H14N2O2S. The molecule has 2 aromatic heterocycles. The summed E-state index contributed by atoms with van der Waals surface area (Å²) < 4.78 is 6.67. The molecule has 0 amide bonds. The van der Waals surface area contributed by atoms with Crippen LogP contribution in [0.4, 0.5) is 0 Å². The van der Waals surface area contributed by atoms with Gasteiger partial charge in [0.15, 0.2) is 0 Å². The Bertz CT molecular complexity index is 804. The number of thioether (sulfide) groups is 1. The third kappa shape index (κ3) is 2.74. The molecule has 2 aromatic rings. The summed E-state index contributed by atoms with van der Waals surface area (Å²) in [6.45, 7) is 3.97. The fourth-order valence-electron chi connectivity index (χ4n) is 2.15.